The molecule has 0 saturated heterocycles. The molecule has 0 saturated carbocycles. The number of ether oxygens (including phenoxy) is 1. The predicted molar refractivity (Wildman–Crippen MR) is 111 cm³/mol. The number of anilines is 1. The molecule has 0 spiro atoms. The van der Waals surface area contributed by atoms with E-state index in [1.54, 1.807) is 0 Å². The third kappa shape index (κ3) is 4.48. The maximum Gasteiger partial charge on any atom is 0.338 e. The molecule has 1 aliphatic rings. The molecule has 0 unspecified atom stereocenters. The monoisotopic (exact) mass is 471 g/mol. The van der Waals surface area contributed by atoms with Gasteiger partial charge in [0.05, 0.1) is 16.1 Å². The molecule has 9 nitrogen and oxygen atoms in total. The van der Waals surface area contributed by atoms with Crippen LogP contribution in [0.4, 0.5) is 5.00 Å². The van der Waals surface area contributed by atoms with Gasteiger partial charge in [-0.1, -0.05) is 11.6 Å². The summed E-state index contributed by atoms with van der Waals surface area (Å²) < 4.78 is 31.0. The molecule has 0 atom stereocenters. The van der Waals surface area contributed by atoms with Crippen molar-refractivity contribution in [3.63, 3.8) is 0 Å². The fourth-order valence-corrected chi connectivity index (χ4v) is 5.64. The molecule has 0 bridgehead atoms. The number of aryl methyl sites for hydroxylation is 1. The highest BCUT2D eigenvalue weighted by Gasteiger charge is 2.26. The van der Waals surface area contributed by atoms with Crippen LogP contribution in [0.3, 0.4) is 0 Å². The first-order valence-corrected chi connectivity index (χ1v) is 11.5. The Morgan fingerprint density at radius 2 is 2.00 bits per heavy atom. The van der Waals surface area contributed by atoms with Crippen molar-refractivity contribution in [2.75, 3.05) is 19.0 Å². The van der Waals surface area contributed by atoms with E-state index >= 15 is 0 Å². The number of hydrogen-bond donors (Lipinski definition) is 3. The van der Waals surface area contributed by atoms with Gasteiger partial charge in [-0.3, -0.25) is 9.59 Å². The summed E-state index contributed by atoms with van der Waals surface area (Å²) in [5.41, 5.74) is 6.51. The molecule has 1 aromatic heterocycles. The number of carbonyl (C=O) groups excluding carboxylic acids is 3. The number of halogens is 1. The van der Waals surface area contributed by atoms with Gasteiger partial charge in [-0.15, -0.1) is 11.3 Å². The second-order valence-electron chi connectivity index (χ2n) is 6.40. The first-order valence-electron chi connectivity index (χ1n) is 8.78. The summed E-state index contributed by atoms with van der Waals surface area (Å²) >= 11 is 7.16. The van der Waals surface area contributed by atoms with E-state index in [1.807, 2.05) is 0 Å². The molecular formula is C18H18ClN3O6S2. The number of sulfonamides is 1. The Bertz CT molecular complexity index is 1140. The lowest BCUT2D eigenvalue weighted by Crippen LogP contribution is -2.23. The quantitative estimate of drug-likeness (QED) is 0.524. The minimum Gasteiger partial charge on any atom is -0.452 e. The highest BCUT2D eigenvalue weighted by molar-refractivity contribution is 7.89. The first-order chi connectivity index (χ1) is 14.1. The van der Waals surface area contributed by atoms with Crippen LogP contribution in [0.25, 0.3) is 0 Å². The van der Waals surface area contributed by atoms with Crippen LogP contribution in [0.1, 0.15) is 37.6 Å². The van der Waals surface area contributed by atoms with Crippen LogP contribution in [0, 0.1) is 0 Å². The molecule has 160 valence electrons. The summed E-state index contributed by atoms with van der Waals surface area (Å²) in [6.45, 7) is -0.629. The van der Waals surface area contributed by atoms with Crippen molar-refractivity contribution in [1.29, 1.82) is 0 Å². The standard InChI is InChI=1S/C18H18ClN3O6S2/c1-21-30(26,27)13-7-9(5-6-11(13)19)18(25)28-8-14(23)22-17-15(16(20)24)10-3-2-4-12(10)29-17/h5-7,21H,2-4,8H2,1H3,(H2,20,24)(H,22,23). The number of benzene rings is 1. The van der Waals surface area contributed by atoms with Crippen molar-refractivity contribution in [3.8, 4) is 0 Å². The number of primary amides is 1. The highest BCUT2D eigenvalue weighted by Crippen LogP contribution is 2.38. The van der Waals surface area contributed by atoms with Crippen molar-refractivity contribution in [2.24, 2.45) is 5.73 Å². The number of nitrogens with two attached hydrogens (primary N) is 1. The van der Waals surface area contributed by atoms with Gasteiger partial charge in [0.1, 0.15) is 9.90 Å². The van der Waals surface area contributed by atoms with Crippen LogP contribution in [0.2, 0.25) is 5.02 Å². The Balaban J connectivity index is 1.68. The minimum atomic E-state index is -3.88. The van der Waals surface area contributed by atoms with Gasteiger partial charge in [0.25, 0.3) is 11.8 Å². The zero-order valence-electron chi connectivity index (χ0n) is 15.8. The summed E-state index contributed by atoms with van der Waals surface area (Å²) in [6.07, 6.45) is 2.47. The van der Waals surface area contributed by atoms with Gasteiger partial charge in [-0.25, -0.2) is 17.9 Å². The second-order valence-corrected chi connectivity index (χ2v) is 9.77. The molecular weight excluding hydrogens is 454 g/mol. The van der Waals surface area contributed by atoms with E-state index in [9.17, 15) is 22.8 Å². The topological polar surface area (TPSA) is 145 Å². The Morgan fingerprint density at radius 3 is 2.67 bits per heavy atom. The lowest BCUT2D eigenvalue weighted by atomic mass is 10.1. The van der Waals surface area contributed by atoms with Gasteiger partial charge in [-0.05, 0) is 50.1 Å². The minimum absolute atomic E-state index is 0.0663. The maximum atomic E-state index is 12.2. The summed E-state index contributed by atoms with van der Waals surface area (Å²) in [4.78, 5) is 36.9. The number of amides is 2. The fourth-order valence-electron chi connectivity index (χ4n) is 3.08. The average molecular weight is 472 g/mol. The van der Waals surface area contributed by atoms with E-state index in [1.165, 1.54) is 30.5 Å². The number of thiophene rings is 1. The van der Waals surface area contributed by atoms with Gasteiger partial charge < -0.3 is 15.8 Å². The van der Waals surface area contributed by atoms with Crippen LogP contribution < -0.4 is 15.8 Å². The van der Waals surface area contributed by atoms with E-state index in [0.29, 0.717) is 10.6 Å². The molecule has 0 aliphatic heterocycles. The van der Waals surface area contributed by atoms with Crippen LogP contribution in [-0.4, -0.2) is 39.9 Å². The molecule has 4 N–H and O–H groups in total. The zero-order valence-corrected chi connectivity index (χ0v) is 18.2. The van der Waals surface area contributed by atoms with Crippen molar-refractivity contribution >= 4 is 55.7 Å². The molecule has 3 rings (SSSR count). The summed E-state index contributed by atoms with van der Waals surface area (Å²) in [6, 6.07) is 3.59. The molecule has 1 aromatic carbocycles. The number of carbonyl (C=O) groups is 3. The molecule has 0 fully saturated rings. The third-order valence-electron chi connectivity index (χ3n) is 4.48. The van der Waals surface area contributed by atoms with Crippen LogP contribution in [-0.2, 0) is 32.4 Å². The maximum absolute atomic E-state index is 12.2. The highest BCUT2D eigenvalue weighted by atomic mass is 35.5. The second kappa shape index (κ2) is 8.72. The van der Waals surface area contributed by atoms with Crippen molar-refractivity contribution in [3.05, 3.63) is 44.8 Å². The van der Waals surface area contributed by atoms with E-state index in [-0.39, 0.29) is 15.5 Å². The molecule has 12 heteroatoms. The summed E-state index contributed by atoms with van der Waals surface area (Å²) in [7, 11) is -2.67. The van der Waals surface area contributed by atoms with E-state index in [0.717, 1.165) is 35.8 Å². The van der Waals surface area contributed by atoms with E-state index in [4.69, 9.17) is 22.1 Å². The Morgan fingerprint density at radius 1 is 1.27 bits per heavy atom. The van der Waals surface area contributed by atoms with Gasteiger partial charge >= 0.3 is 5.97 Å². The Kier molecular flexibility index (Phi) is 6.46. The zero-order chi connectivity index (χ0) is 22.1. The lowest BCUT2D eigenvalue weighted by molar-refractivity contribution is -0.119. The van der Waals surface area contributed by atoms with Gasteiger partial charge in [0, 0.05) is 4.88 Å². The van der Waals surface area contributed by atoms with E-state index in [2.05, 4.69) is 10.0 Å². The SMILES string of the molecule is CNS(=O)(=O)c1cc(C(=O)OCC(=O)Nc2sc3c(c2C(N)=O)CCC3)ccc1Cl. The first kappa shape index (κ1) is 22.2. The van der Waals surface area contributed by atoms with Gasteiger partial charge in [-0.2, -0.15) is 0 Å². The van der Waals surface area contributed by atoms with Crippen LogP contribution in [0.5, 0.6) is 0 Å². The van der Waals surface area contributed by atoms with Crippen molar-refractivity contribution < 1.29 is 27.5 Å². The van der Waals surface area contributed by atoms with Crippen LogP contribution >= 0.6 is 22.9 Å². The molecule has 1 aliphatic carbocycles. The normalized spacial score (nSPS) is 13.0. The van der Waals surface area contributed by atoms with Crippen molar-refractivity contribution in [1.82, 2.24) is 4.72 Å². The number of rotatable bonds is 7. The van der Waals surface area contributed by atoms with E-state index < -0.39 is 34.4 Å². The number of fused-ring (bicyclic) bond motifs is 1. The smallest absolute Gasteiger partial charge is 0.338 e. The largest absolute Gasteiger partial charge is 0.452 e. The fraction of sp³-hybridized carbons (Fsp3) is 0.278. The third-order valence-corrected chi connectivity index (χ3v) is 7.58. The Hall–Kier alpha value is -2.47. The van der Waals surface area contributed by atoms with Crippen LogP contribution in [0.15, 0.2) is 23.1 Å². The lowest BCUT2D eigenvalue weighted by Gasteiger charge is -2.09. The van der Waals surface area contributed by atoms with Crippen molar-refractivity contribution in [2.45, 2.75) is 24.2 Å². The average Bonchev–Trinajstić information content (AvgIpc) is 3.26. The van der Waals surface area contributed by atoms with Gasteiger partial charge in [0.2, 0.25) is 10.0 Å². The summed E-state index contributed by atoms with van der Waals surface area (Å²) in [5.74, 6) is -2.18. The molecule has 30 heavy (non-hydrogen) atoms. The number of esters is 1. The molecule has 2 aromatic rings. The predicted octanol–water partition coefficient (Wildman–Crippen LogP) is 1.69. The summed E-state index contributed by atoms with van der Waals surface area (Å²) in [5, 5.41) is 2.83. The Labute approximate surface area is 181 Å². The molecule has 2 amide bonds. The number of hydrogen-bond acceptors (Lipinski definition) is 7. The molecule has 0 radical (unpaired) electrons. The van der Waals surface area contributed by atoms with Gasteiger partial charge in [0.15, 0.2) is 6.61 Å². The number of nitrogens with one attached hydrogen (secondary N) is 2. The molecule has 1 heterocycles.